The molecule has 3 nitrogen and oxygen atoms in total. The van der Waals surface area contributed by atoms with E-state index in [0.29, 0.717) is 11.6 Å². The standard InChI is InChI=1S/C18H19ClN2O/c19-15-7-4-8-16(11-15)20-12-17(22)21-13-18(9-10-18)14-5-2-1-3-6-14/h1-8,11,20H,9-10,12-13H2,(H,21,22). The summed E-state index contributed by atoms with van der Waals surface area (Å²) < 4.78 is 0. The highest BCUT2D eigenvalue weighted by molar-refractivity contribution is 6.30. The number of hydrogen-bond acceptors (Lipinski definition) is 2. The summed E-state index contributed by atoms with van der Waals surface area (Å²) >= 11 is 5.92. The number of anilines is 1. The van der Waals surface area contributed by atoms with Gasteiger partial charge in [0.1, 0.15) is 0 Å². The Hall–Kier alpha value is -2.00. The highest BCUT2D eigenvalue weighted by Gasteiger charge is 2.44. The number of hydrogen-bond donors (Lipinski definition) is 2. The van der Waals surface area contributed by atoms with Gasteiger partial charge in [-0.15, -0.1) is 0 Å². The molecule has 0 radical (unpaired) electrons. The Bertz CT molecular complexity index is 653. The van der Waals surface area contributed by atoms with Gasteiger partial charge in [-0.3, -0.25) is 4.79 Å². The predicted molar refractivity (Wildman–Crippen MR) is 90.3 cm³/mol. The fraction of sp³-hybridized carbons (Fsp3) is 0.278. The first-order chi connectivity index (χ1) is 10.7. The molecule has 0 heterocycles. The number of amides is 1. The SMILES string of the molecule is O=C(CNc1cccc(Cl)c1)NCC1(c2ccccc2)CC1. The van der Waals surface area contributed by atoms with Crippen molar-refractivity contribution in [2.75, 3.05) is 18.4 Å². The second kappa shape index (κ2) is 6.41. The second-order valence-corrected chi connectivity index (χ2v) is 6.22. The topological polar surface area (TPSA) is 41.1 Å². The van der Waals surface area contributed by atoms with Crippen LogP contribution in [-0.4, -0.2) is 19.0 Å². The van der Waals surface area contributed by atoms with Crippen LogP contribution in [0.5, 0.6) is 0 Å². The molecular weight excluding hydrogens is 296 g/mol. The zero-order valence-electron chi connectivity index (χ0n) is 12.3. The van der Waals surface area contributed by atoms with E-state index in [4.69, 9.17) is 11.6 Å². The lowest BCUT2D eigenvalue weighted by Gasteiger charge is -2.17. The molecule has 2 N–H and O–H groups in total. The lowest BCUT2D eigenvalue weighted by molar-refractivity contribution is -0.119. The maximum Gasteiger partial charge on any atom is 0.239 e. The quantitative estimate of drug-likeness (QED) is 0.855. The van der Waals surface area contributed by atoms with Gasteiger partial charge >= 0.3 is 0 Å². The molecule has 0 atom stereocenters. The van der Waals surface area contributed by atoms with Crippen molar-refractivity contribution in [1.29, 1.82) is 0 Å². The number of nitrogens with one attached hydrogen (secondary N) is 2. The Balaban J connectivity index is 1.49. The molecule has 1 saturated carbocycles. The minimum absolute atomic E-state index is 0.00202. The van der Waals surface area contributed by atoms with E-state index >= 15 is 0 Å². The summed E-state index contributed by atoms with van der Waals surface area (Å²) in [7, 11) is 0. The summed E-state index contributed by atoms with van der Waals surface area (Å²) in [5, 5.41) is 6.78. The van der Waals surface area contributed by atoms with Crippen molar-refractivity contribution in [2.24, 2.45) is 0 Å². The van der Waals surface area contributed by atoms with Crippen molar-refractivity contribution >= 4 is 23.2 Å². The van der Waals surface area contributed by atoms with E-state index in [2.05, 4.69) is 34.9 Å². The number of halogens is 1. The number of carbonyl (C=O) groups excluding carboxylic acids is 1. The lowest BCUT2D eigenvalue weighted by Crippen LogP contribution is -2.35. The van der Waals surface area contributed by atoms with E-state index < -0.39 is 0 Å². The van der Waals surface area contributed by atoms with Crippen molar-refractivity contribution in [3.05, 3.63) is 65.2 Å². The van der Waals surface area contributed by atoms with Gasteiger partial charge in [-0.1, -0.05) is 48.0 Å². The molecule has 4 heteroatoms. The van der Waals surface area contributed by atoms with Gasteiger partial charge in [0.05, 0.1) is 6.54 Å². The molecule has 1 amide bonds. The molecule has 2 aromatic rings. The van der Waals surface area contributed by atoms with E-state index in [9.17, 15) is 4.79 Å². The molecule has 114 valence electrons. The molecule has 0 aliphatic heterocycles. The van der Waals surface area contributed by atoms with Gasteiger partial charge < -0.3 is 10.6 Å². The van der Waals surface area contributed by atoms with Gasteiger partial charge in [0.15, 0.2) is 0 Å². The van der Waals surface area contributed by atoms with Gasteiger partial charge in [0.25, 0.3) is 0 Å². The van der Waals surface area contributed by atoms with Crippen LogP contribution in [0.3, 0.4) is 0 Å². The summed E-state index contributed by atoms with van der Waals surface area (Å²) in [6.45, 7) is 0.957. The summed E-state index contributed by atoms with van der Waals surface area (Å²) in [5.74, 6) is 0.00202. The Morgan fingerprint density at radius 1 is 1.09 bits per heavy atom. The molecule has 0 aromatic heterocycles. The van der Waals surface area contributed by atoms with Gasteiger partial charge in [-0.05, 0) is 36.6 Å². The lowest BCUT2D eigenvalue weighted by atomic mass is 9.96. The maximum absolute atomic E-state index is 12.0. The van der Waals surface area contributed by atoms with Crippen LogP contribution in [-0.2, 0) is 10.2 Å². The Labute approximate surface area is 135 Å². The average Bonchev–Trinajstić information content (AvgIpc) is 3.33. The number of rotatable bonds is 6. The van der Waals surface area contributed by atoms with Crippen molar-refractivity contribution in [1.82, 2.24) is 5.32 Å². The van der Waals surface area contributed by atoms with E-state index in [1.807, 2.05) is 24.3 Å². The summed E-state index contributed by atoms with van der Waals surface area (Å²) in [6.07, 6.45) is 2.28. The second-order valence-electron chi connectivity index (χ2n) is 5.79. The van der Waals surface area contributed by atoms with E-state index in [-0.39, 0.29) is 17.9 Å². The van der Waals surface area contributed by atoms with Crippen molar-refractivity contribution in [3.63, 3.8) is 0 Å². The normalized spacial score (nSPS) is 15.1. The highest BCUT2D eigenvalue weighted by atomic mass is 35.5. The third-order valence-electron chi connectivity index (χ3n) is 4.14. The fourth-order valence-corrected chi connectivity index (χ4v) is 2.81. The minimum Gasteiger partial charge on any atom is -0.376 e. The first-order valence-corrected chi connectivity index (χ1v) is 7.87. The molecule has 1 aliphatic rings. The monoisotopic (exact) mass is 314 g/mol. The maximum atomic E-state index is 12.0. The van der Waals surface area contributed by atoms with Crippen molar-refractivity contribution in [3.8, 4) is 0 Å². The summed E-state index contributed by atoms with van der Waals surface area (Å²) in [4.78, 5) is 12.0. The average molecular weight is 315 g/mol. The largest absolute Gasteiger partial charge is 0.376 e. The van der Waals surface area contributed by atoms with Crippen LogP contribution in [0.2, 0.25) is 5.02 Å². The molecule has 0 spiro atoms. The molecule has 2 aromatic carbocycles. The van der Waals surface area contributed by atoms with Gasteiger partial charge in [-0.2, -0.15) is 0 Å². The van der Waals surface area contributed by atoms with E-state index in [0.717, 1.165) is 18.5 Å². The molecule has 3 rings (SSSR count). The zero-order chi connectivity index (χ0) is 15.4. The number of benzene rings is 2. The van der Waals surface area contributed by atoms with Crippen LogP contribution in [0, 0.1) is 0 Å². The molecular formula is C18H19ClN2O. The van der Waals surface area contributed by atoms with Gasteiger partial charge in [-0.25, -0.2) is 0 Å². The minimum atomic E-state index is 0.00202. The first-order valence-electron chi connectivity index (χ1n) is 7.50. The molecule has 1 fully saturated rings. The predicted octanol–water partition coefficient (Wildman–Crippen LogP) is 3.60. The van der Waals surface area contributed by atoms with Crippen LogP contribution < -0.4 is 10.6 Å². The first kappa shape index (κ1) is 14.9. The van der Waals surface area contributed by atoms with Gasteiger partial charge in [0, 0.05) is 22.7 Å². The van der Waals surface area contributed by atoms with Crippen LogP contribution in [0.1, 0.15) is 18.4 Å². The molecule has 0 unspecified atom stereocenters. The van der Waals surface area contributed by atoms with E-state index in [1.165, 1.54) is 5.56 Å². The van der Waals surface area contributed by atoms with Crippen LogP contribution >= 0.6 is 11.6 Å². The van der Waals surface area contributed by atoms with Gasteiger partial charge in [0.2, 0.25) is 5.91 Å². The van der Waals surface area contributed by atoms with Crippen LogP contribution in [0.15, 0.2) is 54.6 Å². The summed E-state index contributed by atoms with van der Waals surface area (Å²) in [5.41, 5.74) is 2.32. The van der Waals surface area contributed by atoms with E-state index in [1.54, 1.807) is 6.07 Å². The Morgan fingerprint density at radius 3 is 2.55 bits per heavy atom. The third kappa shape index (κ3) is 3.60. The summed E-state index contributed by atoms with van der Waals surface area (Å²) in [6, 6.07) is 17.8. The molecule has 0 bridgehead atoms. The van der Waals surface area contributed by atoms with Crippen molar-refractivity contribution < 1.29 is 4.79 Å². The smallest absolute Gasteiger partial charge is 0.239 e. The Morgan fingerprint density at radius 2 is 1.86 bits per heavy atom. The molecule has 1 aliphatic carbocycles. The van der Waals surface area contributed by atoms with Crippen LogP contribution in [0.25, 0.3) is 0 Å². The van der Waals surface area contributed by atoms with Crippen LogP contribution in [0.4, 0.5) is 5.69 Å². The highest BCUT2D eigenvalue weighted by Crippen LogP contribution is 2.47. The molecule has 22 heavy (non-hydrogen) atoms. The van der Waals surface area contributed by atoms with Crippen molar-refractivity contribution in [2.45, 2.75) is 18.3 Å². The Kier molecular flexibility index (Phi) is 4.34. The zero-order valence-corrected chi connectivity index (χ0v) is 13.1. The fourth-order valence-electron chi connectivity index (χ4n) is 2.62. The molecule has 0 saturated heterocycles. The third-order valence-corrected chi connectivity index (χ3v) is 4.38. The number of carbonyl (C=O) groups is 1.